The van der Waals surface area contributed by atoms with Crippen LogP contribution in [0, 0.1) is 6.92 Å². The largest absolute Gasteiger partial charge is 0.313 e. The maximum Gasteiger partial charge on any atom is 0.0814 e. The minimum atomic E-state index is 0.430. The highest BCUT2D eigenvalue weighted by Crippen LogP contribution is 2.13. The fourth-order valence-corrected chi connectivity index (χ4v) is 1.42. The summed E-state index contributed by atoms with van der Waals surface area (Å²) >= 11 is 5.89. The molecule has 0 aliphatic heterocycles. The first-order chi connectivity index (χ1) is 6.15. The summed E-state index contributed by atoms with van der Waals surface area (Å²) in [5.74, 6) is 0. The van der Waals surface area contributed by atoms with Crippen LogP contribution >= 0.6 is 11.6 Å². The fraction of sp³-hybridized carbons (Fsp3) is 0.667. The third kappa shape index (κ3) is 2.71. The molecule has 1 rings (SSSR count). The van der Waals surface area contributed by atoms with E-state index in [2.05, 4.69) is 24.3 Å². The SMILES string of the molecule is CCNC(C)Cn1ncc(Cl)c1C. The highest BCUT2D eigenvalue weighted by molar-refractivity contribution is 6.31. The maximum absolute atomic E-state index is 5.89. The molecule has 1 N–H and O–H groups in total. The molecular formula is C9H16ClN3. The molecule has 1 heterocycles. The van der Waals surface area contributed by atoms with Gasteiger partial charge in [-0.05, 0) is 20.4 Å². The first-order valence-electron chi connectivity index (χ1n) is 4.56. The third-order valence-corrected chi connectivity index (χ3v) is 2.41. The summed E-state index contributed by atoms with van der Waals surface area (Å²) < 4.78 is 1.93. The third-order valence-electron chi connectivity index (χ3n) is 2.04. The van der Waals surface area contributed by atoms with Gasteiger partial charge in [0.05, 0.1) is 23.5 Å². The summed E-state index contributed by atoms with van der Waals surface area (Å²) in [5, 5.41) is 8.25. The molecule has 0 aliphatic carbocycles. The van der Waals surface area contributed by atoms with E-state index in [0.29, 0.717) is 6.04 Å². The summed E-state index contributed by atoms with van der Waals surface area (Å²) in [5.41, 5.74) is 1.03. The number of aromatic nitrogens is 2. The van der Waals surface area contributed by atoms with Gasteiger partial charge in [0.15, 0.2) is 0 Å². The summed E-state index contributed by atoms with van der Waals surface area (Å²) in [7, 11) is 0. The van der Waals surface area contributed by atoms with Gasteiger partial charge in [-0.2, -0.15) is 5.10 Å². The van der Waals surface area contributed by atoms with Gasteiger partial charge in [-0.1, -0.05) is 18.5 Å². The molecule has 0 radical (unpaired) electrons. The van der Waals surface area contributed by atoms with E-state index in [1.807, 2.05) is 11.6 Å². The first-order valence-corrected chi connectivity index (χ1v) is 4.94. The Hall–Kier alpha value is -0.540. The number of halogens is 1. The molecule has 0 fully saturated rings. The number of rotatable bonds is 4. The predicted molar refractivity (Wildman–Crippen MR) is 55.1 cm³/mol. The summed E-state index contributed by atoms with van der Waals surface area (Å²) in [6.45, 7) is 8.06. The predicted octanol–water partition coefficient (Wildman–Crippen LogP) is 1.84. The number of nitrogens with zero attached hydrogens (tertiary/aromatic N) is 2. The zero-order valence-electron chi connectivity index (χ0n) is 8.34. The monoisotopic (exact) mass is 201 g/mol. The van der Waals surface area contributed by atoms with Crippen molar-refractivity contribution in [2.75, 3.05) is 6.54 Å². The summed E-state index contributed by atoms with van der Waals surface area (Å²) in [6, 6.07) is 0.430. The van der Waals surface area contributed by atoms with Gasteiger partial charge in [-0.3, -0.25) is 4.68 Å². The lowest BCUT2D eigenvalue weighted by Crippen LogP contribution is -2.30. The second kappa shape index (κ2) is 4.63. The van der Waals surface area contributed by atoms with Gasteiger partial charge < -0.3 is 5.32 Å². The quantitative estimate of drug-likeness (QED) is 0.806. The van der Waals surface area contributed by atoms with Crippen LogP contribution < -0.4 is 5.32 Å². The molecule has 0 amide bonds. The average Bonchev–Trinajstić information content (AvgIpc) is 2.37. The Morgan fingerprint density at radius 1 is 1.69 bits per heavy atom. The highest BCUT2D eigenvalue weighted by atomic mass is 35.5. The molecule has 0 aliphatic rings. The Labute approximate surface area is 84.1 Å². The van der Waals surface area contributed by atoms with Crippen LogP contribution in [0.3, 0.4) is 0 Å². The van der Waals surface area contributed by atoms with Crippen molar-refractivity contribution < 1.29 is 0 Å². The number of hydrogen-bond donors (Lipinski definition) is 1. The van der Waals surface area contributed by atoms with E-state index >= 15 is 0 Å². The van der Waals surface area contributed by atoms with Crippen LogP contribution in [0.25, 0.3) is 0 Å². The van der Waals surface area contributed by atoms with Gasteiger partial charge in [-0.25, -0.2) is 0 Å². The topological polar surface area (TPSA) is 29.9 Å². The van der Waals surface area contributed by atoms with Gasteiger partial charge in [-0.15, -0.1) is 0 Å². The lowest BCUT2D eigenvalue weighted by molar-refractivity contribution is 0.455. The number of nitrogens with one attached hydrogen (secondary N) is 1. The van der Waals surface area contributed by atoms with Crippen molar-refractivity contribution in [3.8, 4) is 0 Å². The van der Waals surface area contributed by atoms with Crippen LogP contribution in [-0.4, -0.2) is 22.4 Å². The van der Waals surface area contributed by atoms with Crippen molar-refractivity contribution in [3.05, 3.63) is 16.9 Å². The summed E-state index contributed by atoms with van der Waals surface area (Å²) in [4.78, 5) is 0. The van der Waals surface area contributed by atoms with E-state index in [1.165, 1.54) is 0 Å². The Balaban J connectivity index is 2.58. The molecule has 0 spiro atoms. The van der Waals surface area contributed by atoms with Gasteiger partial charge in [0.25, 0.3) is 0 Å². The lowest BCUT2D eigenvalue weighted by atomic mass is 10.3. The molecule has 1 aromatic heterocycles. The maximum atomic E-state index is 5.89. The van der Waals surface area contributed by atoms with Crippen molar-refractivity contribution in [2.45, 2.75) is 33.4 Å². The van der Waals surface area contributed by atoms with E-state index in [4.69, 9.17) is 11.6 Å². The molecule has 1 atom stereocenters. The van der Waals surface area contributed by atoms with Crippen LogP contribution in [0.15, 0.2) is 6.20 Å². The second-order valence-corrected chi connectivity index (χ2v) is 3.63. The van der Waals surface area contributed by atoms with Crippen molar-refractivity contribution in [1.82, 2.24) is 15.1 Å². The molecule has 0 saturated heterocycles. The Morgan fingerprint density at radius 3 is 2.85 bits per heavy atom. The zero-order valence-corrected chi connectivity index (χ0v) is 9.10. The Morgan fingerprint density at radius 2 is 2.38 bits per heavy atom. The van der Waals surface area contributed by atoms with Gasteiger partial charge in [0.2, 0.25) is 0 Å². The second-order valence-electron chi connectivity index (χ2n) is 3.22. The van der Waals surface area contributed by atoms with E-state index < -0.39 is 0 Å². The molecule has 74 valence electrons. The molecule has 1 unspecified atom stereocenters. The van der Waals surface area contributed by atoms with Crippen LogP contribution in [0.5, 0.6) is 0 Å². The highest BCUT2D eigenvalue weighted by Gasteiger charge is 2.06. The molecule has 0 bridgehead atoms. The lowest BCUT2D eigenvalue weighted by Gasteiger charge is -2.13. The molecule has 4 heteroatoms. The van der Waals surface area contributed by atoms with Gasteiger partial charge in [0.1, 0.15) is 0 Å². The van der Waals surface area contributed by atoms with Crippen molar-refractivity contribution in [2.24, 2.45) is 0 Å². The molecule has 13 heavy (non-hydrogen) atoms. The molecule has 1 aromatic rings. The molecule has 3 nitrogen and oxygen atoms in total. The molecule has 0 aromatic carbocycles. The fourth-order valence-electron chi connectivity index (χ4n) is 1.28. The van der Waals surface area contributed by atoms with E-state index in [9.17, 15) is 0 Å². The Kier molecular flexibility index (Phi) is 3.75. The Bertz CT molecular complexity index is 270. The van der Waals surface area contributed by atoms with E-state index in [-0.39, 0.29) is 0 Å². The number of hydrogen-bond acceptors (Lipinski definition) is 2. The van der Waals surface area contributed by atoms with Crippen molar-refractivity contribution in [3.63, 3.8) is 0 Å². The van der Waals surface area contributed by atoms with E-state index in [0.717, 1.165) is 23.8 Å². The molecular weight excluding hydrogens is 186 g/mol. The smallest absolute Gasteiger partial charge is 0.0814 e. The van der Waals surface area contributed by atoms with Crippen LogP contribution in [-0.2, 0) is 6.54 Å². The van der Waals surface area contributed by atoms with Crippen LogP contribution in [0.1, 0.15) is 19.5 Å². The normalized spacial score (nSPS) is 13.2. The molecule has 0 saturated carbocycles. The van der Waals surface area contributed by atoms with Crippen molar-refractivity contribution >= 4 is 11.6 Å². The average molecular weight is 202 g/mol. The minimum absolute atomic E-state index is 0.430. The summed E-state index contributed by atoms with van der Waals surface area (Å²) in [6.07, 6.45) is 1.69. The van der Waals surface area contributed by atoms with E-state index in [1.54, 1.807) is 6.20 Å². The number of likely N-dealkylation sites (N-methyl/N-ethyl adjacent to an activating group) is 1. The van der Waals surface area contributed by atoms with Gasteiger partial charge in [0, 0.05) is 6.04 Å². The first kappa shape index (κ1) is 10.5. The van der Waals surface area contributed by atoms with Gasteiger partial charge >= 0.3 is 0 Å². The van der Waals surface area contributed by atoms with Crippen molar-refractivity contribution in [1.29, 1.82) is 0 Å². The van der Waals surface area contributed by atoms with Crippen LogP contribution in [0.4, 0.5) is 0 Å². The minimum Gasteiger partial charge on any atom is -0.313 e. The zero-order chi connectivity index (χ0) is 9.84. The van der Waals surface area contributed by atoms with Crippen LogP contribution in [0.2, 0.25) is 5.02 Å². The standard InChI is InChI=1S/C9H16ClN3/c1-4-11-7(2)6-13-8(3)9(10)5-12-13/h5,7,11H,4,6H2,1-3H3.